The molecule has 0 saturated carbocycles. The number of nitrogens with two attached hydrogens (primary N) is 1. The summed E-state index contributed by atoms with van der Waals surface area (Å²) in [5.74, 6) is -0.205. The van der Waals surface area contributed by atoms with Crippen LogP contribution in [0.3, 0.4) is 0 Å². The predicted octanol–water partition coefficient (Wildman–Crippen LogP) is -0.116. The fourth-order valence-electron chi connectivity index (χ4n) is 1.81. The second kappa shape index (κ2) is 6.41. The quantitative estimate of drug-likeness (QED) is 0.418. The van der Waals surface area contributed by atoms with Crippen molar-refractivity contribution < 1.29 is 15.1 Å². The Hall–Kier alpha value is -1.77. The van der Waals surface area contributed by atoms with Crippen molar-refractivity contribution in [1.29, 1.82) is 0 Å². The molecule has 1 aromatic rings. The smallest absolute Gasteiger partial charge is 0.314 e. The predicted molar refractivity (Wildman–Crippen MR) is 69.6 cm³/mol. The number of aliphatic hydroxyl groups is 2. The number of nitro groups is 1. The summed E-state index contributed by atoms with van der Waals surface area (Å²) in [6.07, 6.45) is -0.698. The van der Waals surface area contributed by atoms with Crippen LogP contribution in [0.2, 0.25) is 0 Å². The van der Waals surface area contributed by atoms with Gasteiger partial charge in [0.2, 0.25) is 5.82 Å². The Morgan fingerprint density at radius 3 is 2.74 bits per heavy atom. The lowest BCUT2D eigenvalue weighted by Crippen LogP contribution is -2.24. The molecule has 0 radical (unpaired) electrons. The van der Waals surface area contributed by atoms with Crippen molar-refractivity contribution in [3.63, 3.8) is 0 Å². The van der Waals surface area contributed by atoms with Gasteiger partial charge in [-0.1, -0.05) is 0 Å². The van der Waals surface area contributed by atoms with Gasteiger partial charge in [-0.2, -0.15) is 0 Å². The van der Waals surface area contributed by atoms with Gasteiger partial charge in [-0.3, -0.25) is 10.1 Å². The van der Waals surface area contributed by atoms with Gasteiger partial charge >= 0.3 is 5.69 Å². The van der Waals surface area contributed by atoms with Gasteiger partial charge in [-0.15, -0.1) is 0 Å². The van der Waals surface area contributed by atoms with Crippen molar-refractivity contribution >= 4 is 11.5 Å². The standard InChI is InChI=1S/C11H18N4O4/c1-6-7(10(17)8(16)3-4-13-2)5-14-11(12)9(6)15(18)19/h5,8,10,13,16-17H,3-4H2,1-2H3,(H2,12,14). The highest BCUT2D eigenvalue weighted by Gasteiger charge is 2.26. The number of nitrogens with zero attached hydrogens (tertiary/aromatic N) is 2. The molecule has 1 aromatic heterocycles. The lowest BCUT2D eigenvalue weighted by atomic mass is 9.98. The molecular weight excluding hydrogens is 252 g/mol. The zero-order valence-electron chi connectivity index (χ0n) is 10.8. The number of nitrogens with one attached hydrogen (secondary N) is 1. The molecule has 0 amide bonds. The molecule has 0 saturated heterocycles. The first-order valence-corrected chi connectivity index (χ1v) is 5.80. The fourth-order valence-corrected chi connectivity index (χ4v) is 1.81. The molecule has 0 bridgehead atoms. The molecule has 1 heterocycles. The molecule has 0 aliphatic heterocycles. The third kappa shape index (κ3) is 3.37. The van der Waals surface area contributed by atoms with E-state index in [1.165, 1.54) is 13.1 Å². The van der Waals surface area contributed by atoms with Crippen LogP contribution in [-0.2, 0) is 0 Å². The molecule has 2 unspecified atom stereocenters. The van der Waals surface area contributed by atoms with Gasteiger partial charge in [-0.25, -0.2) is 4.98 Å². The molecule has 0 aromatic carbocycles. The maximum atomic E-state index is 10.9. The molecule has 1 rings (SSSR count). The number of anilines is 1. The normalized spacial score (nSPS) is 14.1. The molecule has 8 heteroatoms. The molecule has 19 heavy (non-hydrogen) atoms. The largest absolute Gasteiger partial charge is 0.390 e. The Morgan fingerprint density at radius 1 is 1.58 bits per heavy atom. The Balaban J connectivity index is 3.07. The highest BCUT2D eigenvalue weighted by Crippen LogP contribution is 2.31. The minimum atomic E-state index is -1.24. The van der Waals surface area contributed by atoms with E-state index in [2.05, 4.69) is 10.3 Å². The summed E-state index contributed by atoms with van der Waals surface area (Å²) >= 11 is 0. The van der Waals surface area contributed by atoms with Crippen LogP contribution in [0, 0.1) is 17.0 Å². The minimum Gasteiger partial charge on any atom is -0.390 e. The van der Waals surface area contributed by atoms with E-state index in [1.807, 2.05) is 0 Å². The summed E-state index contributed by atoms with van der Waals surface area (Å²) in [4.78, 5) is 13.9. The number of hydrogen-bond acceptors (Lipinski definition) is 7. The van der Waals surface area contributed by atoms with Gasteiger partial charge in [0.1, 0.15) is 6.10 Å². The Bertz CT molecular complexity index is 466. The molecule has 0 spiro atoms. The maximum absolute atomic E-state index is 10.9. The van der Waals surface area contributed by atoms with Crippen molar-refractivity contribution in [3.8, 4) is 0 Å². The third-order valence-corrected chi connectivity index (χ3v) is 2.93. The molecule has 106 valence electrons. The van der Waals surface area contributed by atoms with E-state index < -0.39 is 17.1 Å². The molecule has 0 aliphatic carbocycles. The van der Waals surface area contributed by atoms with Gasteiger partial charge in [-0.05, 0) is 26.9 Å². The maximum Gasteiger partial charge on any atom is 0.314 e. The average molecular weight is 270 g/mol. The topological polar surface area (TPSA) is 135 Å². The number of nitrogen functional groups attached to an aromatic ring is 1. The van der Waals surface area contributed by atoms with Crippen molar-refractivity contribution in [1.82, 2.24) is 10.3 Å². The second-order valence-corrected chi connectivity index (χ2v) is 4.23. The van der Waals surface area contributed by atoms with Gasteiger partial charge < -0.3 is 21.3 Å². The summed E-state index contributed by atoms with van der Waals surface area (Å²) in [5.41, 5.74) is 5.53. The molecule has 0 aliphatic rings. The van der Waals surface area contributed by atoms with E-state index in [4.69, 9.17) is 5.73 Å². The van der Waals surface area contributed by atoms with Crippen LogP contribution < -0.4 is 11.1 Å². The highest BCUT2D eigenvalue weighted by atomic mass is 16.6. The van der Waals surface area contributed by atoms with Crippen LogP contribution in [0.25, 0.3) is 0 Å². The van der Waals surface area contributed by atoms with Crippen molar-refractivity contribution in [2.45, 2.75) is 25.6 Å². The lowest BCUT2D eigenvalue weighted by Gasteiger charge is -2.19. The highest BCUT2D eigenvalue weighted by molar-refractivity contribution is 5.59. The van der Waals surface area contributed by atoms with Crippen LogP contribution >= 0.6 is 0 Å². The van der Waals surface area contributed by atoms with E-state index >= 15 is 0 Å². The second-order valence-electron chi connectivity index (χ2n) is 4.23. The number of pyridine rings is 1. The van der Waals surface area contributed by atoms with E-state index in [-0.39, 0.29) is 22.6 Å². The Kier molecular flexibility index (Phi) is 5.16. The van der Waals surface area contributed by atoms with Crippen LogP contribution in [0.15, 0.2) is 6.20 Å². The van der Waals surface area contributed by atoms with E-state index in [1.54, 1.807) is 7.05 Å². The van der Waals surface area contributed by atoms with E-state index in [9.17, 15) is 20.3 Å². The van der Waals surface area contributed by atoms with Crippen molar-refractivity contribution in [2.24, 2.45) is 0 Å². The van der Waals surface area contributed by atoms with Gasteiger partial charge in [0.15, 0.2) is 0 Å². The van der Waals surface area contributed by atoms with Crippen molar-refractivity contribution in [2.75, 3.05) is 19.3 Å². The van der Waals surface area contributed by atoms with E-state index in [0.717, 1.165) is 0 Å². The zero-order chi connectivity index (χ0) is 14.6. The summed E-state index contributed by atoms with van der Waals surface area (Å²) in [5, 5.41) is 33.6. The minimum absolute atomic E-state index is 0.205. The first-order valence-electron chi connectivity index (χ1n) is 5.80. The molecular formula is C11H18N4O4. The van der Waals surface area contributed by atoms with Crippen LogP contribution in [-0.4, -0.2) is 39.8 Å². The summed E-state index contributed by atoms with van der Waals surface area (Å²) < 4.78 is 0. The number of aromatic nitrogens is 1. The average Bonchev–Trinajstić information content (AvgIpc) is 2.34. The zero-order valence-corrected chi connectivity index (χ0v) is 10.8. The van der Waals surface area contributed by atoms with Gasteiger partial charge in [0, 0.05) is 17.3 Å². The molecule has 2 atom stereocenters. The lowest BCUT2D eigenvalue weighted by molar-refractivity contribution is -0.384. The van der Waals surface area contributed by atoms with Crippen LogP contribution in [0.4, 0.5) is 11.5 Å². The molecule has 0 fully saturated rings. The van der Waals surface area contributed by atoms with Crippen molar-refractivity contribution in [3.05, 3.63) is 27.4 Å². The molecule has 8 nitrogen and oxygen atoms in total. The Labute approximate surface area is 110 Å². The SMILES string of the molecule is CNCCC(O)C(O)c1cnc(N)c([N+](=O)[O-])c1C. The number of rotatable bonds is 6. The first kappa shape index (κ1) is 15.3. The number of hydrogen-bond donors (Lipinski definition) is 4. The Morgan fingerprint density at radius 2 is 2.21 bits per heavy atom. The summed E-state index contributed by atoms with van der Waals surface area (Å²) in [6, 6.07) is 0. The van der Waals surface area contributed by atoms with E-state index in [0.29, 0.717) is 13.0 Å². The fraction of sp³-hybridized carbons (Fsp3) is 0.545. The van der Waals surface area contributed by atoms with Crippen LogP contribution in [0.1, 0.15) is 23.7 Å². The first-order chi connectivity index (χ1) is 8.90. The number of aliphatic hydroxyl groups excluding tert-OH is 2. The summed E-state index contributed by atoms with van der Waals surface area (Å²) in [7, 11) is 1.72. The van der Waals surface area contributed by atoms with Gasteiger partial charge in [0.05, 0.1) is 11.0 Å². The van der Waals surface area contributed by atoms with Gasteiger partial charge in [0.25, 0.3) is 0 Å². The summed E-state index contributed by atoms with van der Waals surface area (Å²) in [6.45, 7) is 1.99. The van der Waals surface area contributed by atoms with Crippen LogP contribution in [0.5, 0.6) is 0 Å². The molecule has 5 N–H and O–H groups in total. The monoisotopic (exact) mass is 270 g/mol. The third-order valence-electron chi connectivity index (χ3n) is 2.93.